The van der Waals surface area contributed by atoms with Crippen molar-refractivity contribution in [3.8, 4) is 0 Å². The summed E-state index contributed by atoms with van der Waals surface area (Å²) >= 11 is 3.23. The minimum Gasteiger partial charge on any atom is -0.269 e. The van der Waals surface area contributed by atoms with Gasteiger partial charge in [-0.3, -0.25) is 9.69 Å². The third-order valence-electron chi connectivity index (χ3n) is 3.17. The van der Waals surface area contributed by atoms with Gasteiger partial charge < -0.3 is 0 Å². The van der Waals surface area contributed by atoms with Gasteiger partial charge in [-0.25, -0.2) is 14.3 Å². The van der Waals surface area contributed by atoms with Crippen LogP contribution in [0.15, 0.2) is 45.9 Å². The Bertz CT molecular complexity index is 727. The van der Waals surface area contributed by atoms with Crippen LogP contribution >= 0.6 is 15.9 Å². The molecule has 0 spiro atoms. The van der Waals surface area contributed by atoms with Gasteiger partial charge in [-0.2, -0.15) is 4.39 Å². The Hall–Kier alpha value is -2.02. The van der Waals surface area contributed by atoms with Crippen LogP contribution < -0.4 is 4.90 Å². The highest BCUT2D eigenvalue weighted by Crippen LogP contribution is 2.31. The summed E-state index contributed by atoms with van der Waals surface area (Å²) in [6, 6.07) is 2.80. The quantitative estimate of drug-likeness (QED) is 0.726. The van der Waals surface area contributed by atoms with Gasteiger partial charge in [0.1, 0.15) is 5.82 Å². The fraction of sp³-hybridized carbons (Fsp3) is 0.143. The fourth-order valence-corrected chi connectivity index (χ4v) is 2.46. The van der Waals surface area contributed by atoms with E-state index in [1.54, 1.807) is 13.0 Å². The molecule has 1 aromatic rings. The van der Waals surface area contributed by atoms with Crippen molar-refractivity contribution in [2.75, 3.05) is 11.4 Å². The summed E-state index contributed by atoms with van der Waals surface area (Å²) in [5.74, 6) is -1.93. The molecule has 0 bridgehead atoms. The van der Waals surface area contributed by atoms with Gasteiger partial charge >= 0.3 is 0 Å². The zero-order chi connectivity index (χ0) is 15.1. The fourth-order valence-electron chi connectivity index (χ4n) is 2.15. The summed E-state index contributed by atoms with van der Waals surface area (Å²) in [6.07, 6.45) is 3.93. The molecule has 0 saturated carbocycles. The normalized spacial score (nSPS) is 17.6. The number of amides is 1. The number of hydrogen-bond donors (Lipinski definition) is 0. The maximum absolute atomic E-state index is 14.2. The van der Waals surface area contributed by atoms with Crippen LogP contribution in [0, 0.1) is 12.7 Å². The number of guanidine groups is 1. The summed E-state index contributed by atoms with van der Waals surface area (Å²) in [4.78, 5) is 18.4. The van der Waals surface area contributed by atoms with Crippen molar-refractivity contribution in [1.82, 2.24) is 4.90 Å². The molecule has 7 heteroatoms. The van der Waals surface area contributed by atoms with Crippen molar-refractivity contribution < 1.29 is 13.6 Å². The van der Waals surface area contributed by atoms with Crippen LogP contribution in [0.4, 0.5) is 14.5 Å². The van der Waals surface area contributed by atoms with Crippen LogP contribution in [0.1, 0.15) is 5.56 Å². The molecule has 0 aliphatic carbocycles. The second-order valence-electron chi connectivity index (χ2n) is 4.59. The van der Waals surface area contributed by atoms with Crippen LogP contribution in [0.2, 0.25) is 0 Å². The van der Waals surface area contributed by atoms with Gasteiger partial charge in [0, 0.05) is 10.7 Å². The minimum atomic E-state index is -0.736. The summed E-state index contributed by atoms with van der Waals surface area (Å²) in [6.45, 7) is 2.08. The number of carbonyl (C=O) groups is 1. The number of benzene rings is 1. The molecule has 2 aliphatic rings. The molecule has 2 aliphatic heterocycles. The number of aryl methyl sites for hydroxylation is 1. The molecule has 0 fully saturated rings. The molecule has 0 saturated heterocycles. The highest BCUT2D eigenvalue weighted by Gasteiger charge is 2.34. The molecule has 0 aromatic heterocycles. The first-order valence-electron chi connectivity index (χ1n) is 6.16. The summed E-state index contributed by atoms with van der Waals surface area (Å²) in [7, 11) is 0. The third-order valence-corrected chi connectivity index (χ3v) is 4.02. The highest BCUT2D eigenvalue weighted by atomic mass is 79.9. The molecular formula is C14H10BrF2N3O. The number of rotatable bonds is 1. The molecule has 0 radical (unpaired) electrons. The third kappa shape index (κ3) is 2.27. The van der Waals surface area contributed by atoms with Crippen molar-refractivity contribution in [1.29, 1.82) is 0 Å². The Morgan fingerprint density at radius 2 is 2.10 bits per heavy atom. The number of hydrogen-bond acceptors (Lipinski definition) is 3. The highest BCUT2D eigenvalue weighted by molar-refractivity contribution is 9.10. The smallest absolute Gasteiger partial charge is 0.262 e. The molecule has 4 nitrogen and oxygen atoms in total. The lowest BCUT2D eigenvalue weighted by Crippen LogP contribution is -2.49. The van der Waals surface area contributed by atoms with Crippen molar-refractivity contribution in [3.63, 3.8) is 0 Å². The van der Waals surface area contributed by atoms with Gasteiger partial charge in [0.25, 0.3) is 5.91 Å². The maximum Gasteiger partial charge on any atom is 0.262 e. The van der Waals surface area contributed by atoms with Crippen molar-refractivity contribution in [3.05, 3.63) is 52.3 Å². The first-order chi connectivity index (χ1) is 9.99. The molecule has 0 atom stereocenters. The second-order valence-corrected chi connectivity index (χ2v) is 5.44. The molecule has 1 aromatic carbocycles. The number of carbonyl (C=O) groups excluding carboxylic acids is 1. The lowest BCUT2D eigenvalue weighted by Gasteiger charge is -2.34. The van der Waals surface area contributed by atoms with E-state index in [1.165, 1.54) is 18.3 Å². The predicted molar refractivity (Wildman–Crippen MR) is 78.8 cm³/mol. The number of anilines is 1. The van der Waals surface area contributed by atoms with Gasteiger partial charge in [-0.15, -0.1) is 0 Å². The Kier molecular flexibility index (Phi) is 3.36. The van der Waals surface area contributed by atoms with E-state index in [1.807, 2.05) is 0 Å². The summed E-state index contributed by atoms with van der Waals surface area (Å²) in [5, 5.41) is 0. The van der Waals surface area contributed by atoms with Gasteiger partial charge in [-0.1, -0.05) is 15.9 Å². The number of halogens is 3. The van der Waals surface area contributed by atoms with Crippen LogP contribution in [0.5, 0.6) is 0 Å². The Morgan fingerprint density at radius 3 is 2.86 bits per heavy atom. The average Bonchev–Trinajstić information content (AvgIpc) is 2.44. The van der Waals surface area contributed by atoms with E-state index in [9.17, 15) is 13.6 Å². The average molecular weight is 354 g/mol. The van der Waals surface area contributed by atoms with E-state index in [4.69, 9.17) is 0 Å². The molecule has 0 N–H and O–H groups in total. The Balaban J connectivity index is 2.16. The molecule has 108 valence electrons. The van der Waals surface area contributed by atoms with E-state index >= 15 is 0 Å². The van der Waals surface area contributed by atoms with E-state index in [0.717, 1.165) is 21.4 Å². The van der Waals surface area contributed by atoms with Gasteiger partial charge in [0.2, 0.25) is 11.9 Å². The minimum absolute atomic E-state index is 0.0449. The van der Waals surface area contributed by atoms with Gasteiger partial charge in [-0.05, 0) is 30.7 Å². The maximum atomic E-state index is 14.2. The first kappa shape index (κ1) is 13.9. The van der Waals surface area contributed by atoms with Gasteiger partial charge in [0.15, 0.2) is 0 Å². The molecular weight excluding hydrogens is 344 g/mol. The summed E-state index contributed by atoms with van der Waals surface area (Å²) in [5.41, 5.74) is 0.802. The number of aliphatic imine (C=N–C) groups is 1. The molecule has 1 amide bonds. The largest absolute Gasteiger partial charge is 0.269 e. The Morgan fingerprint density at radius 1 is 1.33 bits per heavy atom. The van der Waals surface area contributed by atoms with Crippen molar-refractivity contribution >= 4 is 33.5 Å². The van der Waals surface area contributed by atoms with Crippen molar-refractivity contribution in [2.24, 2.45) is 4.99 Å². The molecule has 3 rings (SSSR count). The molecule has 21 heavy (non-hydrogen) atoms. The number of fused-ring (bicyclic) bond motifs is 1. The van der Waals surface area contributed by atoms with Gasteiger partial charge in [0.05, 0.1) is 18.3 Å². The lowest BCUT2D eigenvalue weighted by atomic mass is 10.2. The molecule has 2 heterocycles. The Labute approximate surface area is 128 Å². The second kappa shape index (κ2) is 5.07. The van der Waals surface area contributed by atoms with Crippen LogP contribution in [-0.4, -0.2) is 23.3 Å². The molecule has 0 unspecified atom stereocenters. The van der Waals surface area contributed by atoms with Crippen LogP contribution in [-0.2, 0) is 4.79 Å². The zero-order valence-electron chi connectivity index (χ0n) is 11.0. The summed E-state index contributed by atoms with van der Waals surface area (Å²) < 4.78 is 28.6. The van der Waals surface area contributed by atoms with Crippen LogP contribution in [0.25, 0.3) is 0 Å². The lowest BCUT2D eigenvalue weighted by molar-refractivity contribution is -0.113. The van der Waals surface area contributed by atoms with Crippen LogP contribution in [0.3, 0.4) is 0 Å². The predicted octanol–water partition coefficient (Wildman–Crippen LogP) is 3.24. The monoisotopic (exact) mass is 353 g/mol. The topological polar surface area (TPSA) is 35.9 Å². The standard InChI is InChI=1S/C14H10BrF2N3O/c1-8-5-11(10(16)6-9(8)15)20-13(21)7-12(17)19-4-2-3-18-14(19)20/h2,4-7H,3H2,1H3. The van der Waals surface area contributed by atoms with E-state index in [0.29, 0.717) is 11.0 Å². The number of nitrogens with zero attached hydrogens (tertiary/aromatic N) is 3. The van der Waals surface area contributed by atoms with E-state index < -0.39 is 17.7 Å². The first-order valence-corrected chi connectivity index (χ1v) is 6.95. The van der Waals surface area contributed by atoms with E-state index in [-0.39, 0.29) is 11.6 Å². The van der Waals surface area contributed by atoms with E-state index in [2.05, 4.69) is 20.9 Å². The SMILES string of the molecule is Cc1cc(N2C(=O)C=C(F)N3C=CCN=C32)c(F)cc1Br. The van der Waals surface area contributed by atoms with Crippen molar-refractivity contribution in [2.45, 2.75) is 6.92 Å². The zero-order valence-corrected chi connectivity index (χ0v) is 12.6.